The van der Waals surface area contributed by atoms with Crippen LogP contribution in [0.5, 0.6) is 0 Å². The average Bonchev–Trinajstić information content (AvgIpc) is 2.45. The maximum atomic E-state index is 5.89. The summed E-state index contributed by atoms with van der Waals surface area (Å²) in [6, 6.07) is 7.96. The molecule has 1 aromatic rings. The van der Waals surface area contributed by atoms with Crippen LogP contribution in [0.1, 0.15) is 19.4 Å². The van der Waals surface area contributed by atoms with Gasteiger partial charge in [0.05, 0.1) is 19.8 Å². The van der Waals surface area contributed by atoms with Crippen LogP contribution in [0, 0.1) is 5.41 Å². The Morgan fingerprint density at radius 2 is 2.00 bits per heavy atom. The number of benzene rings is 1. The molecule has 1 aliphatic rings. The van der Waals surface area contributed by atoms with Crippen LogP contribution in [0.25, 0.3) is 0 Å². The van der Waals surface area contributed by atoms with Crippen molar-refractivity contribution in [3.63, 3.8) is 0 Å². The minimum atomic E-state index is 0.207. The number of ether oxygens (including phenoxy) is 1. The van der Waals surface area contributed by atoms with Crippen LogP contribution in [0.4, 0.5) is 0 Å². The summed E-state index contributed by atoms with van der Waals surface area (Å²) < 4.78 is 5.26. The van der Waals surface area contributed by atoms with Crippen LogP contribution in [0.3, 0.4) is 0 Å². The lowest BCUT2D eigenvalue weighted by molar-refractivity contribution is -0.0945. The minimum absolute atomic E-state index is 0.207. The average molecular weight is 310 g/mol. The molecule has 1 aliphatic heterocycles. The molecule has 0 radical (unpaired) electrons. The van der Waals surface area contributed by atoms with Crippen LogP contribution in [-0.2, 0) is 11.2 Å². The van der Waals surface area contributed by atoms with Gasteiger partial charge in [0.2, 0.25) is 0 Å². The van der Waals surface area contributed by atoms with Crippen molar-refractivity contribution in [1.29, 1.82) is 0 Å². The summed E-state index contributed by atoms with van der Waals surface area (Å²) in [5, 5.41) is 7.42. The van der Waals surface area contributed by atoms with Gasteiger partial charge in [0, 0.05) is 23.5 Å². The van der Waals surface area contributed by atoms with E-state index in [0.29, 0.717) is 0 Å². The fourth-order valence-electron chi connectivity index (χ4n) is 2.13. The molecule has 21 heavy (non-hydrogen) atoms. The molecule has 1 fully saturated rings. The summed E-state index contributed by atoms with van der Waals surface area (Å²) in [4.78, 5) is 4.65. The van der Waals surface area contributed by atoms with Gasteiger partial charge in [-0.2, -0.15) is 0 Å². The first-order chi connectivity index (χ1) is 10.1. The van der Waals surface area contributed by atoms with Crippen molar-refractivity contribution in [3.05, 3.63) is 34.9 Å². The zero-order valence-electron chi connectivity index (χ0n) is 12.8. The highest BCUT2D eigenvalue weighted by atomic mass is 35.5. The lowest BCUT2D eigenvalue weighted by Gasteiger charge is -2.36. The summed E-state index contributed by atoms with van der Waals surface area (Å²) in [6.07, 6.45) is 0.946. The van der Waals surface area contributed by atoms with E-state index in [0.717, 1.165) is 50.3 Å². The Kier molecular flexibility index (Phi) is 5.88. The van der Waals surface area contributed by atoms with E-state index >= 15 is 0 Å². The Hall–Kier alpha value is -1.26. The first-order valence-electron chi connectivity index (χ1n) is 7.46. The van der Waals surface area contributed by atoms with Gasteiger partial charge in [-0.15, -0.1) is 0 Å². The Labute approximate surface area is 131 Å². The maximum Gasteiger partial charge on any atom is 0.191 e. The topological polar surface area (TPSA) is 45.7 Å². The standard InChI is InChI=1S/C16H24ClN3O/c1-3-18-15(20-10-16(2)11-21-12-16)19-9-8-13-4-6-14(17)7-5-13/h4-7H,3,8-12H2,1-2H3,(H2,18,19,20). The predicted molar refractivity (Wildman–Crippen MR) is 88.1 cm³/mol. The molecule has 0 saturated carbocycles. The molecule has 5 heteroatoms. The van der Waals surface area contributed by atoms with E-state index in [1.165, 1.54) is 5.56 Å². The fourth-order valence-corrected chi connectivity index (χ4v) is 2.26. The summed E-state index contributed by atoms with van der Waals surface area (Å²) >= 11 is 5.89. The van der Waals surface area contributed by atoms with Crippen molar-refractivity contribution in [2.24, 2.45) is 10.4 Å². The Bertz CT molecular complexity index is 469. The van der Waals surface area contributed by atoms with Crippen LogP contribution in [0.15, 0.2) is 29.3 Å². The number of halogens is 1. The van der Waals surface area contributed by atoms with Crippen LogP contribution in [0.2, 0.25) is 5.02 Å². The lowest BCUT2D eigenvalue weighted by atomic mass is 9.89. The van der Waals surface area contributed by atoms with Crippen LogP contribution in [-0.4, -0.2) is 38.8 Å². The fraction of sp³-hybridized carbons (Fsp3) is 0.562. The van der Waals surface area contributed by atoms with E-state index in [-0.39, 0.29) is 5.41 Å². The highest BCUT2D eigenvalue weighted by Gasteiger charge is 2.33. The molecule has 4 nitrogen and oxygen atoms in total. The first kappa shape index (κ1) is 16.1. The minimum Gasteiger partial charge on any atom is -0.380 e. The molecule has 2 rings (SSSR count). The van der Waals surface area contributed by atoms with Crippen LogP contribution >= 0.6 is 11.6 Å². The molecule has 1 saturated heterocycles. The zero-order valence-corrected chi connectivity index (χ0v) is 13.5. The number of aliphatic imine (C=N–C) groups is 1. The van der Waals surface area contributed by atoms with E-state index in [2.05, 4.69) is 41.6 Å². The predicted octanol–water partition coefficient (Wildman–Crippen LogP) is 2.47. The Morgan fingerprint density at radius 3 is 2.57 bits per heavy atom. The van der Waals surface area contributed by atoms with Crippen molar-refractivity contribution < 1.29 is 4.74 Å². The van der Waals surface area contributed by atoms with Gasteiger partial charge in [0.1, 0.15) is 0 Å². The monoisotopic (exact) mass is 309 g/mol. The second-order valence-corrected chi connectivity index (χ2v) is 6.24. The number of nitrogens with one attached hydrogen (secondary N) is 2. The van der Waals surface area contributed by atoms with Crippen molar-refractivity contribution in [2.75, 3.05) is 32.8 Å². The SMILES string of the molecule is CCNC(=NCC1(C)COC1)NCCc1ccc(Cl)cc1. The molecule has 0 unspecified atom stereocenters. The number of hydrogen-bond acceptors (Lipinski definition) is 2. The van der Waals surface area contributed by atoms with Gasteiger partial charge in [-0.1, -0.05) is 30.7 Å². The van der Waals surface area contributed by atoms with Gasteiger partial charge >= 0.3 is 0 Å². The number of guanidine groups is 1. The normalized spacial score (nSPS) is 17.2. The maximum absolute atomic E-state index is 5.89. The van der Waals surface area contributed by atoms with Gasteiger partial charge in [-0.3, -0.25) is 4.99 Å². The highest BCUT2D eigenvalue weighted by molar-refractivity contribution is 6.30. The van der Waals surface area contributed by atoms with E-state index < -0.39 is 0 Å². The second-order valence-electron chi connectivity index (χ2n) is 5.80. The summed E-state index contributed by atoms with van der Waals surface area (Å²) in [7, 11) is 0. The van der Waals surface area contributed by atoms with Crippen LogP contribution < -0.4 is 10.6 Å². The molecule has 1 heterocycles. The quantitative estimate of drug-likeness (QED) is 0.627. The molecule has 0 aliphatic carbocycles. The van der Waals surface area contributed by atoms with Gasteiger partial charge < -0.3 is 15.4 Å². The molecule has 0 aromatic heterocycles. The van der Waals surface area contributed by atoms with Crippen molar-refractivity contribution in [3.8, 4) is 0 Å². The molecule has 116 valence electrons. The number of nitrogens with zero attached hydrogens (tertiary/aromatic N) is 1. The van der Waals surface area contributed by atoms with Crippen molar-refractivity contribution >= 4 is 17.6 Å². The zero-order chi connectivity index (χ0) is 15.1. The van der Waals surface area contributed by atoms with Gasteiger partial charge in [0.15, 0.2) is 5.96 Å². The number of hydrogen-bond donors (Lipinski definition) is 2. The molecule has 0 spiro atoms. The Balaban J connectivity index is 1.79. The highest BCUT2D eigenvalue weighted by Crippen LogP contribution is 2.26. The molecular formula is C16H24ClN3O. The molecule has 2 N–H and O–H groups in total. The molecule has 0 bridgehead atoms. The Morgan fingerprint density at radius 1 is 1.29 bits per heavy atom. The number of rotatable bonds is 6. The molecular weight excluding hydrogens is 286 g/mol. The van der Waals surface area contributed by atoms with Gasteiger partial charge in [0.25, 0.3) is 0 Å². The molecule has 0 atom stereocenters. The third-order valence-corrected chi connectivity index (χ3v) is 3.74. The third-order valence-electron chi connectivity index (χ3n) is 3.48. The third kappa shape index (κ3) is 5.21. The summed E-state index contributed by atoms with van der Waals surface area (Å²) in [5.41, 5.74) is 1.47. The lowest BCUT2D eigenvalue weighted by Crippen LogP contribution is -2.44. The van der Waals surface area contributed by atoms with E-state index in [9.17, 15) is 0 Å². The largest absolute Gasteiger partial charge is 0.380 e. The van der Waals surface area contributed by atoms with Crippen molar-refractivity contribution in [1.82, 2.24) is 10.6 Å². The van der Waals surface area contributed by atoms with E-state index in [4.69, 9.17) is 16.3 Å². The van der Waals surface area contributed by atoms with Crippen molar-refractivity contribution in [2.45, 2.75) is 20.3 Å². The molecule has 0 amide bonds. The first-order valence-corrected chi connectivity index (χ1v) is 7.83. The second kappa shape index (κ2) is 7.66. The molecule has 1 aromatic carbocycles. The van der Waals surface area contributed by atoms with Gasteiger partial charge in [-0.05, 0) is 31.0 Å². The van der Waals surface area contributed by atoms with Gasteiger partial charge in [-0.25, -0.2) is 0 Å². The summed E-state index contributed by atoms with van der Waals surface area (Å²) in [5.74, 6) is 0.875. The smallest absolute Gasteiger partial charge is 0.191 e. The van der Waals surface area contributed by atoms with E-state index in [1.807, 2.05) is 12.1 Å². The summed E-state index contributed by atoms with van der Waals surface area (Å²) in [6.45, 7) is 8.40. The van der Waals surface area contributed by atoms with E-state index in [1.54, 1.807) is 0 Å².